The molecule has 0 atom stereocenters. The van der Waals surface area contributed by atoms with E-state index in [9.17, 15) is 31.7 Å². The first-order valence-electron chi connectivity index (χ1n) is 4.80. The normalized spacial score (nSPS) is 12.2. The average Bonchev–Trinajstić information content (AvgIpc) is 2.23. The first-order chi connectivity index (χ1) is 8.50. The van der Waals surface area contributed by atoms with Crippen molar-refractivity contribution in [1.29, 1.82) is 0 Å². The summed E-state index contributed by atoms with van der Waals surface area (Å²) in [5.74, 6) is 0. The minimum Gasteiger partial charge on any atom is -0.371 e. The van der Waals surface area contributed by atoms with E-state index in [1.165, 1.54) is 0 Å². The van der Waals surface area contributed by atoms with E-state index in [1.54, 1.807) is 0 Å². The van der Waals surface area contributed by atoms with Crippen LogP contribution in [0.3, 0.4) is 0 Å². The fraction of sp³-hybridized carbons (Fsp3) is 0.333. The smallest absolute Gasteiger partial charge is 0.371 e. The number of rotatable bonds is 4. The van der Waals surface area contributed by atoms with Crippen LogP contribution in [0.5, 0.6) is 0 Å². The number of hydrogen-bond donors (Lipinski definition) is 1. The van der Waals surface area contributed by atoms with Crippen LogP contribution in [0.4, 0.5) is 24.5 Å². The van der Waals surface area contributed by atoms with Crippen molar-refractivity contribution >= 4 is 21.2 Å². The summed E-state index contributed by atoms with van der Waals surface area (Å²) in [4.78, 5) is 9.43. The second-order valence-electron chi connectivity index (χ2n) is 3.68. The van der Waals surface area contributed by atoms with Crippen molar-refractivity contribution in [3.63, 3.8) is 0 Å². The fourth-order valence-corrected chi connectivity index (χ4v) is 1.88. The summed E-state index contributed by atoms with van der Waals surface area (Å²) in [6, 6.07) is 2.65. The zero-order valence-electron chi connectivity index (χ0n) is 9.56. The minimum absolute atomic E-state index is 0.336. The van der Waals surface area contributed by atoms with Crippen LogP contribution < -0.4 is 5.32 Å². The average molecular weight is 298 g/mol. The van der Waals surface area contributed by atoms with E-state index in [-0.39, 0.29) is 4.90 Å². The highest BCUT2D eigenvalue weighted by Crippen LogP contribution is 2.28. The minimum atomic E-state index is -4.54. The fourth-order valence-electron chi connectivity index (χ4n) is 1.24. The van der Waals surface area contributed by atoms with Crippen molar-refractivity contribution in [2.75, 3.05) is 18.1 Å². The molecule has 0 heterocycles. The third-order valence-corrected chi connectivity index (χ3v) is 3.18. The number of halogens is 3. The largest absolute Gasteiger partial charge is 0.405 e. The van der Waals surface area contributed by atoms with E-state index < -0.39 is 38.9 Å². The Kier molecular flexibility index (Phi) is 4.03. The van der Waals surface area contributed by atoms with E-state index >= 15 is 0 Å². The maximum Gasteiger partial charge on any atom is 0.405 e. The molecule has 106 valence electrons. The maximum atomic E-state index is 12.0. The van der Waals surface area contributed by atoms with Crippen LogP contribution in [0.2, 0.25) is 0 Å². The summed E-state index contributed by atoms with van der Waals surface area (Å²) < 4.78 is 58.5. The van der Waals surface area contributed by atoms with Gasteiger partial charge in [-0.3, -0.25) is 10.1 Å². The van der Waals surface area contributed by atoms with Gasteiger partial charge in [-0.05, 0) is 12.1 Å². The molecular formula is C9H9F3N2O4S. The Morgan fingerprint density at radius 3 is 2.37 bits per heavy atom. The highest BCUT2D eigenvalue weighted by atomic mass is 32.2. The van der Waals surface area contributed by atoms with Gasteiger partial charge in [-0.25, -0.2) is 8.42 Å². The van der Waals surface area contributed by atoms with Gasteiger partial charge in [-0.15, -0.1) is 0 Å². The van der Waals surface area contributed by atoms with E-state index in [0.29, 0.717) is 6.07 Å². The molecule has 6 nitrogen and oxygen atoms in total. The van der Waals surface area contributed by atoms with E-state index in [2.05, 4.69) is 0 Å². The van der Waals surface area contributed by atoms with Crippen LogP contribution >= 0.6 is 0 Å². The second-order valence-corrected chi connectivity index (χ2v) is 5.69. The van der Waals surface area contributed by atoms with Gasteiger partial charge < -0.3 is 5.32 Å². The van der Waals surface area contributed by atoms with Crippen LogP contribution in [-0.2, 0) is 9.84 Å². The second kappa shape index (κ2) is 5.03. The van der Waals surface area contributed by atoms with Crippen molar-refractivity contribution in [2.24, 2.45) is 0 Å². The molecule has 1 aromatic rings. The van der Waals surface area contributed by atoms with Crippen LogP contribution in [0.1, 0.15) is 0 Å². The van der Waals surface area contributed by atoms with Crippen molar-refractivity contribution < 1.29 is 26.5 Å². The number of hydrogen-bond acceptors (Lipinski definition) is 5. The summed E-state index contributed by atoms with van der Waals surface area (Å²) >= 11 is 0. The van der Waals surface area contributed by atoms with Gasteiger partial charge in [-0.1, -0.05) is 0 Å². The van der Waals surface area contributed by atoms with Gasteiger partial charge in [0, 0.05) is 12.3 Å². The molecule has 0 aromatic heterocycles. The molecule has 0 spiro atoms. The molecule has 1 rings (SSSR count). The third-order valence-electron chi connectivity index (χ3n) is 2.07. The molecule has 0 saturated heterocycles. The number of nitro groups is 1. The van der Waals surface area contributed by atoms with Crippen LogP contribution in [-0.4, -0.2) is 32.3 Å². The standard InChI is InChI=1S/C9H9F3N2O4S/c1-19(17,18)6-2-3-7(8(4-6)14(15)16)13-5-9(10,11)12/h2-4,13H,5H2,1H3. The van der Waals surface area contributed by atoms with Gasteiger partial charge in [-0.2, -0.15) is 13.2 Å². The van der Waals surface area contributed by atoms with Crippen LogP contribution in [0, 0.1) is 10.1 Å². The molecule has 0 radical (unpaired) electrons. The molecule has 10 heteroatoms. The van der Waals surface area contributed by atoms with Gasteiger partial charge in [0.2, 0.25) is 0 Å². The summed E-state index contributed by atoms with van der Waals surface area (Å²) in [6.45, 7) is -1.45. The Morgan fingerprint density at radius 1 is 1.37 bits per heavy atom. The Labute approximate surface area is 106 Å². The predicted molar refractivity (Wildman–Crippen MR) is 60.8 cm³/mol. The van der Waals surface area contributed by atoms with Gasteiger partial charge in [0.1, 0.15) is 12.2 Å². The maximum absolute atomic E-state index is 12.0. The monoisotopic (exact) mass is 298 g/mol. The molecule has 0 aliphatic heterocycles. The molecule has 0 aliphatic carbocycles. The third kappa shape index (κ3) is 4.39. The molecule has 0 aliphatic rings. The topological polar surface area (TPSA) is 89.3 Å². The molecule has 19 heavy (non-hydrogen) atoms. The number of sulfone groups is 1. The van der Waals surface area contributed by atoms with Gasteiger partial charge >= 0.3 is 6.18 Å². The lowest BCUT2D eigenvalue weighted by atomic mass is 10.2. The van der Waals surface area contributed by atoms with E-state index in [4.69, 9.17) is 0 Å². The molecule has 1 aromatic carbocycles. The summed E-state index contributed by atoms with van der Waals surface area (Å²) in [7, 11) is -3.67. The number of nitrogens with zero attached hydrogens (tertiary/aromatic N) is 1. The number of nitrogens with one attached hydrogen (secondary N) is 1. The summed E-state index contributed by atoms with van der Waals surface area (Å²) in [5.41, 5.74) is -1.12. The zero-order valence-corrected chi connectivity index (χ0v) is 10.4. The Bertz CT molecular complexity index is 598. The quantitative estimate of drug-likeness (QED) is 0.678. The molecule has 0 amide bonds. The zero-order chi connectivity index (χ0) is 14.8. The van der Waals surface area contributed by atoms with E-state index in [1.807, 2.05) is 5.32 Å². The van der Waals surface area contributed by atoms with Crippen molar-refractivity contribution in [3.05, 3.63) is 28.3 Å². The van der Waals surface area contributed by atoms with Gasteiger partial charge in [0.15, 0.2) is 9.84 Å². The number of anilines is 1. The molecule has 0 fully saturated rings. The molecular weight excluding hydrogens is 289 g/mol. The van der Waals surface area contributed by atoms with Gasteiger partial charge in [0.05, 0.1) is 9.82 Å². The predicted octanol–water partition coefficient (Wildman–Crippen LogP) is 1.97. The number of benzene rings is 1. The highest BCUT2D eigenvalue weighted by molar-refractivity contribution is 7.90. The van der Waals surface area contributed by atoms with E-state index in [0.717, 1.165) is 18.4 Å². The summed E-state index contributed by atoms with van der Waals surface area (Å²) in [6.07, 6.45) is -3.70. The summed E-state index contributed by atoms with van der Waals surface area (Å²) in [5, 5.41) is 12.6. The van der Waals surface area contributed by atoms with Crippen molar-refractivity contribution in [1.82, 2.24) is 0 Å². The first kappa shape index (κ1) is 15.2. The highest BCUT2D eigenvalue weighted by Gasteiger charge is 2.28. The molecule has 1 N–H and O–H groups in total. The number of nitro benzene ring substituents is 1. The Hall–Kier alpha value is -1.84. The van der Waals surface area contributed by atoms with Crippen molar-refractivity contribution in [3.8, 4) is 0 Å². The lowest BCUT2D eigenvalue weighted by Crippen LogP contribution is -2.21. The SMILES string of the molecule is CS(=O)(=O)c1ccc(NCC(F)(F)F)c([N+](=O)[O-])c1. The molecule has 0 bridgehead atoms. The molecule has 0 saturated carbocycles. The Balaban J connectivity index is 3.16. The van der Waals surface area contributed by atoms with Crippen LogP contribution in [0.15, 0.2) is 23.1 Å². The Morgan fingerprint density at radius 2 is 1.95 bits per heavy atom. The molecule has 0 unspecified atom stereocenters. The van der Waals surface area contributed by atoms with Gasteiger partial charge in [0.25, 0.3) is 5.69 Å². The first-order valence-corrected chi connectivity index (χ1v) is 6.69. The lowest BCUT2D eigenvalue weighted by molar-refractivity contribution is -0.384. The lowest BCUT2D eigenvalue weighted by Gasteiger charge is -2.10. The van der Waals surface area contributed by atoms with Crippen molar-refractivity contribution in [2.45, 2.75) is 11.1 Å². The number of alkyl halides is 3. The van der Waals surface area contributed by atoms with Crippen LogP contribution in [0.25, 0.3) is 0 Å².